The molecule has 0 aliphatic carbocycles. The van der Waals surface area contributed by atoms with E-state index in [1.165, 1.54) is 225 Å². The van der Waals surface area contributed by atoms with Gasteiger partial charge < -0.3 is 9.84 Å². The van der Waals surface area contributed by atoms with Gasteiger partial charge in [0, 0.05) is 13.5 Å². The first kappa shape index (κ1) is 46.2. The van der Waals surface area contributed by atoms with Crippen LogP contribution >= 0.6 is 0 Å². The quantitative estimate of drug-likeness (QED) is 0.0403. The maximum absolute atomic E-state index is 11.3. The van der Waals surface area contributed by atoms with Crippen molar-refractivity contribution in [1.82, 2.24) is 0 Å². The molecule has 0 aromatic carbocycles. The van der Waals surface area contributed by atoms with E-state index in [9.17, 15) is 4.79 Å². The first-order valence-electron chi connectivity index (χ1n) is 21.7. The molecule has 0 aromatic rings. The normalized spacial score (nSPS) is 12.3. The second-order valence-electron chi connectivity index (χ2n) is 14.9. The average Bonchev–Trinajstić information content (AvgIpc) is 3.06. The molecule has 0 saturated carbocycles. The zero-order valence-electron chi connectivity index (χ0n) is 32.4. The SMILES string of the molecule is CCCCCCCCCCCCCCCCCCCCCCCCCCCCCCCCCCCCC[C@H](/C=C/CCO)OC(C)=O. The van der Waals surface area contributed by atoms with Crippen LogP contribution in [0.25, 0.3) is 0 Å². The molecule has 3 nitrogen and oxygen atoms in total. The Morgan fingerprint density at radius 3 is 0.957 bits per heavy atom. The Hall–Kier alpha value is -0.830. The van der Waals surface area contributed by atoms with Crippen molar-refractivity contribution in [3.05, 3.63) is 12.2 Å². The van der Waals surface area contributed by atoms with Gasteiger partial charge >= 0.3 is 5.97 Å². The summed E-state index contributed by atoms with van der Waals surface area (Å²) in [5, 5.41) is 8.91. The highest BCUT2D eigenvalue weighted by molar-refractivity contribution is 5.66. The van der Waals surface area contributed by atoms with Gasteiger partial charge in [0.2, 0.25) is 0 Å². The fourth-order valence-corrected chi connectivity index (χ4v) is 6.98. The van der Waals surface area contributed by atoms with Crippen LogP contribution < -0.4 is 0 Å². The van der Waals surface area contributed by atoms with Crippen LogP contribution in [-0.2, 0) is 9.53 Å². The maximum atomic E-state index is 11.3. The predicted octanol–water partition coefficient (Wildman–Crippen LogP) is 14.9. The maximum Gasteiger partial charge on any atom is 0.303 e. The molecule has 47 heavy (non-hydrogen) atoms. The minimum Gasteiger partial charge on any atom is -0.458 e. The summed E-state index contributed by atoms with van der Waals surface area (Å²) in [4.78, 5) is 11.3. The number of aliphatic hydroxyl groups excluding tert-OH is 1. The Morgan fingerprint density at radius 1 is 0.468 bits per heavy atom. The highest BCUT2D eigenvalue weighted by Gasteiger charge is 2.07. The van der Waals surface area contributed by atoms with Crippen molar-refractivity contribution in [3.63, 3.8) is 0 Å². The van der Waals surface area contributed by atoms with Gasteiger partial charge in [-0.2, -0.15) is 0 Å². The minimum absolute atomic E-state index is 0.132. The monoisotopic (exact) mass is 663 g/mol. The molecular weight excluding hydrogens is 576 g/mol. The number of carbonyl (C=O) groups is 1. The van der Waals surface area contributed by atoms with Gasteiger partial charge in [-0.05, 0) is 25.3 Å². The zero-order valence-corrected chi connectivity index (χ0v) is 32.4. The fourth-order valence-electron chi connectivity index (χ4n) is 6.98. The van der Waals surface area contributed by atoms with Gasteiger partial charge in [0.15, 0.2) is 0 Å². The third kappa shape index (κ3) is 41.3. The van der Waals surface area contributed by atoms with Crippen LogP contribution in [0.1, 0.15) is 251 Å². The molecule has 0 aliphatic rings. The largest absolute Gasteiger partial charge is 0.458 e. The molecule has 0 heterocycles. The van der Waals surface area contributed by atoms with Crippen LogP contribution in [-0.4, -0.2) is 23.8 Å². The molecule has 0 rings (SSSR count). The lowest BCUT2D eigenvalue weighted by Crippen LogP contribution is -2.13. The summed E-state index contributed by atoms with van der Waals surface area (Å²) in [6.45, 7) is 3.92. The molecule has 0 bridgehead atoms. The molecule has 0 fully saturated rings. The molecule has 280 valence electrons. The predicted molar refractivity (Wildman–Crippen MR) is 208 cm³/mol. The van der Waals surface area contributed by atoms with E-state index < -0.39 is 0 Å². The van der Waals surface area contributed by atoms with Crippen molar-refractivity contribution < 1.29 is 14.6 Å². The van der Waals surface area contributed by atoms with Crippen molar-refractivity contribution in [3.8, 4) is 0 Å². The Kier molecular flexibility index (Phi) is 40.6. The highest BCUT2D eigenvalue weighted by atomic mass is 16.5. The molecule has 1 N–H and O–H groups in total. The van der Waals surface area contributed by atoms with E-state index in [0.717, 1.165) is 12.8 Å². The van der Waals surface area contributed by atoms with Gasteiger partial charge in [0.05, 0.1) is 0 Å². The smallest absolute Gasteiger partial charge is 0.303 e. The summed E-state index contributed by atoms with van der Waals surface area (Å²) in [5.41, 5.74) is 0. The summed E-state index contributed by atoms with van der Waals surface area (Å²) in [7, 11) is 0. The molecule has 0 spiro atoms. The molecule has 0 aromatic heterocycles. The highest BCUT2D eigenvalue weighted by Crippen LogP contribution is 2.18. The number of ether oxygens (including phenoxy) is 1. The van der Waals surface area contributed by atoms with Crippen molar-refractivity contribution in [1.29, 1.82) is 0 Å². The second kappa shape index (κ2) is 41.3. The van der Waals surface area contributed by atoms with Crippen molar-refractivity contribution in [2.45, 2.75) is 258 Å². The van der Waals surface area contributed by atoms with Crippen molar-refractivity contribution in [2.75, 3.05) is 6.61 Å². The minimum atomic E-state index is -0.222. The third-order valence-corrected chi connectivity index (χ3v) is 10.1. The first-order chi connectivity index (χ1) is 23.2. The summed E-state index contributed by atoms with van der Waals surface area (Å²) in [6.07, 6.45) is 55.3. The summed E-state index contributed by atoms with van der Waals surface area (Å²) in [6, 6.07) is 0. The van der Waals surface area contributed by atoms with Crippen LogP contribution in [0.5, 0.6) is 0 Å². The van der Waals surface area contributed by atoms with Gasteiger partial charge in [0.25, 0.3) is 0 Å². The lowest BCUT2D eigenvalue weighted by molar-refractivity contribution is -0.144. The van der Waals surface area contributed by atoms with Gasteiger partial charge in [-0.3, -0.25) is 4.79 Å². The zero-order chi connectivity index (χ0) is 34.1. The molecule has 1 atom stereocenters. The topological polar surface area (TPSA) is 46.5 Å². The van der Waals surface area contributed by atoms with E-state index in [2.05, 4.69) is 6.92 Å². The Bertz CT molecular complexity index is 615. The number of carbonyl (C=O) groups excluding carboxylic acids is 1. The van der Waals surface area contributed by atoms with Gasteiger partial charge in [-0.15, -0.1) is 0 Å². The van der Waals surface area contributed by atoms with Gasteiger partial charge in [0.1, 0.15) is 6.10 Å². The average molecular weight is 663 g/mol. The van der Waals surface area contributed by atoms with Gasteiger partial charge in [-0.25, -0.2) is 0 Å². The standard InChI is InChI=1S/C44H86O3/c1-3-4-5-6-7-8-9-10-11-12-13-14-15-16-17-18-19-20-21-22-23-24-25-26-27-28-29-30-31-32-33-34-35-36-37-40-44(47-43(2)46)41-38-39-42-45/h38,41,44-45H,3-37,39-40,42H2,1-2H3/b41-38+/t44-/m1/s1. The number of hydrogen-bond donors (Lipinski definition) is 1. The second-order valence-corrected chi connectivity index (χ2v) is 14.9. The van der Waals surface area contributed by atoms with Crippen LogP contribution in [0.15, 0.2) is 12.2 Å². The number of aliphatic hydroxyl groups is 1. The van der Waals surface area contributed by atoms with Crippen molar-refractivity contribution >= 4 is 5.97 Å². The van der Waals surface area contributed by atoms with E-state index in [0.29, 0.717) is 6.42 Å². The lowest BCUT2D eigenvalue weighted by atomic mass is 10.0. The van der Waals surface area contributed by atoms with Crippen LogP contribution in [0.4, 0.5) is 0 Å². The molecule has 0 saturated heterocycles. The number of hydrogen-bond acceptors (Lipinski definition) is 3. The first-order valence-corrected chi connectivity index (χ1v) is 21.7. The number of esters is 1. The molecule has 0 aliphatic heterocycles. The van der Waals surface area contributed by atoms with E-state index in [1.807, 2.05) is 12.2 Å². The van der Waals surface area contributed by atoms with Crippen LogP contribution in [0.3, 0.4) is 0 Å². The lowest BCUT2D eigenvalue weighted by Gasteiger charge is -2.13. The van der Waals surface area contributed by atoms with E-state index >= 15 is 0 Å². The number of rotatable bonds is 40. The Labute approximate surface area is 296 Å². The van der Waals surface area contributed by atoms with E-state index in [-0.39, 0.29) is 18.7 Å². The van der Waals surface area contributed by atoms with Crippen molar-refractivity contribution in [2.24, 2.45) is 0 Å². The molecule has 3 heteroatoms. The van der Waals surface area contributed by atoms with Crippen LogP contribution in [0.2, 0.25) is 0 Å². The summed E-state index contributed by atoms with van der Waals surface area (Å²) < 4.78 is 5.36. The Morgan fingerprint density at radius 2 is 0.723 bits per heavy atom. The molecule has 0 radical (unpaired) electrons. The molecule has 0 unspecified atom stereocenters. The fraction of sp³-hybridized carbons (Fsp3) is 0.932. The van der Waals surface area contributed by atoms with E-state index in [1.54, 1.807) is 0 Å². The summed E-state index contributed by atoms with van der Waals surface area (Å²) in [5.74, 6) is -0.222. The molecular formula is C44H86O3. The number of unbranched alkanes of at least 4 members (excludes halogenated alkanes) is 34. The third-order valence-electron chi connectivity index (χ3n) is 10.1. The molecule has 0 amide bonds. The Balaban J connectivity index is 3.18. The van der Waals surface area contributed by atoms with Crippen LogP contribution in [0, 0.1) is 0 Å². The van der Waals surface area contributed by atoms with E-state index in [4.69, 9.17) is 9.84 Å². The summed E-state index contributed by atoms with van der Waals surface area (Å²) >= 11 is 0. The van der Waals surface area contributed by atoms with Gasteiger partial charge in [-0.1, -0.05) is 231 Å².